The van der Waals surface area contributed by atoms with Crippen LogP contribution in [0.3, 0.4) is 0 Å². The van der Waals surface area contributed by atoms with Gasteiger partial charge in [-0.2, -0.15) is 0 Å². The van der Waals surface area contributed by atoms with Crippen molar-refractivity contribution in [2.45, 2.75) is 13.0 Å². The van der Waals surface area contributed by atoms with Gasteiger partial charge in [0.2, 0.25) is 11.8 Å². The van der Waals surface area contributed by atoms with Crippen LogP contribution in [0.25, 0.3) is 0 Å². The van der Waals surface area contributed by atoms with Crippen LogP contribution in [-0.2, 0) is 14.3 Å². The molecule has 1 rings (SSSR count). The number of β-amino-alcohol motifs (C(OH)–C–C–N with tert-alkyl or cyclic N) is 1. The van der Waals surface area contributed by atoms with Crippen molar-refractivity contribution >= 4 is 11.8 Å². The maximum Gasteiger partial charge on any atom is 0.242 e. The van der Waals surface area contributed by atoms with Gasteiger partial charge in [0.1, 0.15) is 0 Å². The molecule has 2 amide bonds. The van der Waals surface area contributed by atoms with Crippen LogP contribution < -0.4 is 5.32 Å². The van der Waals surface area contributed by atoms with E-state index in [2.05, 4.69) is 5.32 Å². The number of aliphatic hydroxyl groups excluding tert-OH is 1. The summed E-state index contributed by atoms with van der Waals surface area (Å²) in [7, 11) is 1.61. The van der Waals surface area contributed by atoms with Gasteiger partial charge in [-0.3, -0.25) is 9.59 Å². The largest absolute Gasteiger partial charge is 0.390 e. The summed E-state index contributed by atoms with van der Waals surface area (Å²) >= 11 is 0. The molecule has 1 aliphatic rings. The summed E-state index contributed by atoms with van der Waals surface area (Å²) in [4.78, 5) is 26.4. The minimum Gasteiger partial charge on any atom is -0.390 e. The minimum atomic E-state index is -0.679. The van der Waals surface area contributed by atoms with Crippen LogP contribution in [0.2, 0.25) is 0 Å². The number of rotatable bonds is 8. The number of aliphatic hydroxyl groups is 1. The Bertz CT molecular complexity index is 311. The third-order valence-electron chi connectivity index (χ3n) is 3.03. The highest BCUT2D eigenvalue weighted by Gasteiger charge is 2.29. The lowest BCUT2D eigenvalue weighted by Crippen LogP contribution is -2.55. The molecular weight excluding hydrogens is 250 g/mol. The van der Waals surface area contributed by atoms with E-state index in [-0.39, 0.29) is 31.4 Å². The molecule has 19 heavy (non-hydrogen) atoms. The first-order valence-corrected chi connectivity index (χ1v) is 6.51. The summed E-state index contributed by atoms with van der Waals surface area (Å²) in [5, 5.41) is 12.8. The fourth-order valence-corrected chi connectivity index (χ4v) is 1.92. The number of carbonyl (C=O) groups excluding carboxylic acids is 2. The summed E-state index contributed by atoms with van der Waals surface area (Å²) in [6, 6.07) is 0. The Balaban J connectivity index is 2.31. The number of likely N-dealkylation sites (N-methyl/N-ethyl adjacent to an activating group) is 1. The first-order chi connectivity index (χ1) is 9.08. The summed E-state index contributed by atoms with van der Waals surface area (Å²) in [6.07, 6.45) is -0.679. The highest BCUT2D eigenvalue weighted by atomic mass is 16.5. The molecule has 0 aliphatic carbocycles. The zero-order valence-corrected chi connectivity index (χ0v) is 11.6. The molecule has 1 aliphatic heterocycles. The van der Waals surface area contributed by atoms with Crippen LogP contribution in [0.15, 0.2) is 0 Å². The highest BCUT2D eigenvalue weighted by Crippen LogP contribution is 2.05. The molecule has 1 atom stereocenters. The molecular formula is C12H23N3O4. The van der Waals surface area contributed by atoms with Gasteiger partial charge in [-0.15, -0.1) is 0 Å². The van der Waals surface area contributed by atoms with Gasteiger partial charge in [-0.25, -0.2) is 0 Å². The van der Waals surface area contributed by atoms with Crippen LogP contribution >= 0.6 is 0 Å². The van der Waals surface area contributed by atoms with Gasteiger partial charge in [0.15, 0.2) is 0 Å². The molecule has 2 N–H and O–H groups in total. The Morgan fingerprint density at radius 2 is 1.95 bits per heavy atom. The Morgan fingerprint density at radius 3 is 2.58 bits per heavy atom. The molecule has 0 radical (unpaired) electrons. The van der Waals surface area contributed by atoms with E-state index >= 15 is 0 Å². The lowest BCUT2D eigenvalue weighted by molar-refractivity contribution is -0.151. The van der Waals surface area contributed by atoms with Crippen molar-refractivity contribution in [3.63, 3.8) is 0 Å². The van der Waals surface area contributed by atoms with E-state index in [1.807, 2.05) is 6.92 Å². The Morgan fingerprint density at radius 1 is 1.32 bits per heavy atom. The summed E-state index contributed by atoms with van der Waals surface area (Å²) in [5.41, 5.74) is 0. The van der Waals surface area contributed by atoms with Gasteiger partial charge in [0.25, 0.3) is 0 Å². The van der Waals surface area contributed by atoms with Crippen LogP contribution in [0.1, 0.15) is 6.92 Å². The van der Waals surface area contributed by atoms with Gasteiger partial charge >= 0.3 is 0 Å². The number of hydrogen-bond donors (Lipinski definition) is 2. The number of piperazine rings is 1. The van der Waals surface area contributed by atoms with Crippen LogP contribution in [0.4, 0.5) is 0 Å². The SMILES string of the molecule is CCN1CC(=O)N(CC(O)CNCCOC)CC1=O. The van der Waals surface area contributed by atoms with Gasteiger partial charge in [0.05, 0.1) is 25.8 Å². The smallest absolute Gasteiger partial charge is 0.242 e. The van der Waals surface area contributed by atoms with Crippen molar-refractivity contribution in [3.05, 3.63) is 0 Å². The van der Waals surface area contributed by atoms with Crippen molar-refractivity contribution in [3.8, 4) is 0 Å². The predicted octanol–water partition coefficient (Wildman–Crippen LogP) is -1.73. The van der Waals surface area contributed by atoms with E-state index in [1.165, 1.54) is 9.80 Å². The number of methoxy groups -OCH3 is 1. The molecule has 0 bridgehead atoms. The lowest BCUT2D eigenvalue weighted by Gasteiger charge is -2.34. The van der Waals surface area contributed by atoms with E-state index in [1.54, 1.807) is 7.11 Å². The molecule has 1 unspecified atom stereocenters. The van der Waals surface area contributed by atoms with Crippen molar-refractivity contribution in [2.24, 2.45) is 0 Å². The number of nitrogens with one attached hydrogen (secondary N) is 1. The summed E-state index contributed by atoms with van der Waals surface area (Å²) in [5.74, 6) is -0.181. The van der Waals surface area contributed by atoms with E-state index in [0.29, 0.717) is 26.2 Å². The molecule has 110 valence electrons. The molecule has 0 saturated carbocycles. The fourth-order valence-electron chi connectivity index (χ4n) is 1.92. The van der Waals surface area contributed by atoms with Gasteiger partial charge in [-0.1, -0.05) is 0 Å². The predicted molar refractivity (Wildman–Crippen MR) is 69.6 cm³/mol. The number of amides is 2. The van der Waals surface area contributed by atoms with Crippen LogP contribution in [0.5, 0.6) is 0 Å². The van der Waals surface area contributed by atoms with E-state index < -0.39 is 6.10 Å². The Kier molecular flexibility index (Phi) is 6.75. The van der Waals surface area contributed by atoms with Crippen molar-refractivity contribution in [2.75, 3.05) is 53.0 Å². The topological polar surface area (TPSA) is 82.1 Å². The molecule has 7 nitrogen and oxygen atoms in total. The molecule has 1 saturated heterocycles. The standard InChI is InChI=1S/C12H23N3O4/c1-3-14-8-12(18)15(9-11(14)17)7-10(16)6-13-4-5-19-2/h10,13,16H,3-9H2,1-2H3. The first kappa shape index (κ1) is 15.9. The molecule has 1 fully saturated rings. The zero-order chi connectivity index (χ0) is 14.3. The Labute approximate surface area is 113 Å². The molecule has 0 aromatic rings. The highest BCUT2D eigenvalue weighted by molar-refractivity contribution is 5.92. The van der Waals surface area contributed by atoms with E-state index in [9.17, 15) is 14.7 Å². The van der Waals surface area contributed by atoms with Crippen molar-refractivity contribution in [1.82, 2.24) is 15.1 Å². The summed E-state index contributed by atoms with van der Waals surface area (Å²) in [6.45, 7) is 4.32. The third kappa shape index (κ3) is 5.14. The van der Waals surface area contributed by atoms with Gasteiger partial charge in [0, 0.05) is 33.3 Å². The molecule has 0 spiro atoms. The van der Waals surface area contributed by atoms with E-state index in [4.69, 9.17) is 4.74 Å². The molecule has 7 heteroatoms. The second kappa shape index (κ2) is 8.08. The van der Waals surface area contributed by atoms with Crippen molar-refractivity contribution < 1.29 is 19.4 Å². The van der Waals surface area contributed by atoms with E-state index in [0.717, 1.165) is 0 Å². The summed E-state index contributed by atoms with van der Waals surface area (Å²) < 4.78 is 4.87. The average Bonchev–Trinajstić information content (AvgIpc) is 2.38. The zero-order valence-electron chi connectivity index (χ0n) is 11.6. The fraction of sp³-hybridized carbons (Fsp3) is 0.833. The maximum atomic E-state index is 11.8. The molecule has 0 aromatic carbocycles. The lowest BCUT2D eigenvalue weighted by atomic mass is 10.2. The third-order valence-corrected chi connectivity index (χ3v) is 3.03. The van der Waals surface area contributed by atoms with Gasteiger partial charge < -0.3 is 25.0 Å². The number of nitrogens with zero attached hydrogens (tertiary/aromatic N) is 2. The molecule has 1 heterocycles. The van der Waals surface area contributed by atoms with Crippen LogP contribution in [0, 0.1) is 0 Å². The Hall–Kier alpha value is -1.18. The monoisotopic (exact) mass is 273 g/mol. The number of hydrogen-bond acceptors (Lipinski definition) is 5. The quantitative estimate of drug-likeness (QED) is 0.514. The second-order valence-corrected chi connectivity index (χ2v) is 4.53. The minimum absolute atomic E-state index is 0.0573. The maximum absolute atomic E-state index is 11.8. The normalized spacial score (nSPS) is 18.1. The van der Waals surface area contributed by atoms with Crippen molar-refractivity contribution in [1.29, 1.82) is 0 Å². The average molecular weight is 273 g/mol. The van der Waals surface area contributed by atoms with Crippen LogP contribution in [-0.4, -0.2) is 85.8 Å². The number of ether oxygens (including phenoxy) is 1. The second-order valence-electron chi connectivity index (χ2n) is 4.53. The van der Waals surface area contributed by atoms with Gasteiger partial charge in [-0.05, 0) is 6.92 Å². The molecule has 0 aromatic heterocycles. The first-order valence-electron chi connectivity index (χ1n) is 6.51. The number of carbonyl (C=O) groups is 2.